The smallest absolute Gasteiger partial charge is 0.338 e. The van der Waals surface area contributed by atoms with Gasteiger partial charge in [0.25, 0.3) is 0 Å². The SMILES string of the molecule is COc1ccc(C(Cc2c(Cl)cncc2Cl)OC(=O)c2ccc(NC(C(=O)O[C@H]3CN4CCC3CC4)c3cccc(F)c3)cc2)cc1OC. The first kappa shape index (κ1) is 34.5. The number of anilines is 1. The van der Waals surface area contributed by atoms with Crippen LogP contribution in [0.4, 0.5) is 10.1 Å². The third-order valence-corrected chi connectivity index (χ3v) is 9.73. The van der Waals surface area contributed by atoms with Gasteiger partial charge in [-0.2, -0.15) is 0 Å². The van der Waals surface area contributed by atoms with Gasteiger partial charge in [0.1, 0.15) is 18.0 Å². The molecule has 12 heteroatoms. The maximum absolute atomic E-state index is 14.3. The van der Waals surface area contributed by atoms with Crippen LogP contribution in [0.25, 0.3) is 0 Å². The molecular formula is C37H36Cl2FN3O6. The zero-order chi connectivity index (χ0) is 34.5. The van der Waals surface area contributed by atoms with Crippen molar-refractivity contribution in [3.8, 4) is 11.5 Å². The number of esters is 2. The van der Waals surface area contributed by atoms with Gasteiger partial charge in [-0.05, 0) is 97.1 Å². The highest BCUT2D eigenvalue weighted by molar-refractivity contribution is 6.35. The van der Waals surface area contributed by atoms with Crippen LogP contribution in [-0.4, -0.2) is 61.8 Å². The first-order chi connectivity index (χ1) is 23.7. The van der Waals surface area contributed by atoms with Crippen molar-refractivity contribution in [3.63, 3.8) is 0 Å². The normalized spacial score (nSPS) is 19.4. The number of nitrogens with one attached hydrogen (secondary N) is 1. The molecule has 4 aromatic rings. The molecule has 3 aliphatic rings. The van der Waals surface area contributed by atoms with E-state index in [1.54, 1.807) is 54.6 Å². The van der Waals surface area contributed by atoms with Crippen molar-refractivity contribution in [3.05, 3.63) is 117 Å². The zero-order valence-corrected chi connectivity index (χ0v) is 28.5. The maximum atomic E-state index is 14.3. The van der Waals surface area contributed by atoms with Crippen LogP contribution in [0, 0.1) is 11.7 Å². The highest BCUT2D eigenvalue weighted by Gasteiger charge is 2.38. The summed E-state index contributed by atoms with van der Waals surface area (Å²) < 4.78 is 37.2. The van der Waals surface area contributed by atoms with Crippen molar-refractivity contribution in [1.29, 1.82) is 0 Å². The number of rotatable bonds is 12. The third kappa shape index (κ3) is 8.09. The average molecular weight is 709 g/mol. The Balaban J connectivity index is 1.21. The van der Waals surface area contributed by atoms with Gasteiger partial charge in [0, 0.05) is 31.0 Å². The number of ether oxygens (including phenoxy) is 4. The van der Waals surface area contributed by atoms with Gasteiger partial charge in [-0.1, -0.05) is 41.4 Å². The van der Waals surface area contributed by atoms with E-state index in [0.29, 0.717) is 56.4 Å². The van der Waals surface area contributed by atoms with Crippen LogP contribution in [0.3, 0.4) is 0 Å². The second-order valence-corrected chi connectivity index (χ2v) is 12.9. The van der Waals surface area contributed by atoms with Crippen LogP contribution in [0.15, 0.2) is 79.1 Å². The van der Waals surface area contributed by atoms with Crippen LogP contribution in [0.1, 0.15) is 52.0 Å². The van der Waals surface area contributed by atoms with Crippen molar-refractivity contribution in [2.24, 2.45) is 5.92 Å². The predicted octanol–water partition coefficient (Wildman–Crippen LogP) is 7.48. The molecule has 1 N–H and O–H groups in total. The minimum absolute atomic E-state index is 0.165. The lowest BCUT2D eigenvalue weighted by molar-refractivity contribution is -0.159. The van der Waals surface area contributed by atoms with Gasteiger partial charge >= 0.3 is 11.9 Å². The lowest BCUT2D eigenvalue weighted by Crippen LogP contribution is -2.52. The van der Waals surface area contributed by atoms with Gasteiger partial charge in [0.05, 0.1) is 29.8 Å². The summed E-state index contributed by atoms with van der Waals surface area (Å²) in [7, 11) is 3.05. The third-order valence-electron chi connectivity index (χ3n) is 9.08. The fourth-order valence-electron chi connectivity index (χ4n) is 6.39. The molecule has 1 aromatic heterocycles. The minimum atomic E-state index is -0.965. The van der Waals surface area contributed by atoms with Gasteiger partial charge in [0.15, 0.2) is 17.5 Å². The quantitative estimate of drug-likeness (QED) is 0.150. The zero-order valence-electron chi connectivity index (χ0n) is 27.0. The first-order valence-corrected chi connectivity index (χ1v) is 16.7. The van der Waals surface area contributed by atoms with Gasteiger partial charge < -0.3 is 24.3 Å². The molecular weight excluding hydrogens is 672 g/mol. The molecule has 4 heterocycles. The molecule has 7 rings (SSSR count). The number of hydrogen-bond donors (Lipinski definition) is 1. The predicted molar refractivity (Wildman–Crippen MR) is 184 cm³/mol. The lowest BCUT2D eigenvalue weighted by Gasteiger charge is -2.44. The van der Waals surface area contributed by atoms with E-state index in [9.17, 15) is 14.0 Å². The van der Waals surface area contributed by atoms with E-state index in [0.717, 1.165) is 25.9 Å². The van der Waals surface area contributed by atoms with E-state index in [2.05, 4.69) is 15.2 Å². The van der Waals surface area contributed by atoms with E-state index in [1.807, 2.05) is 0 Å². The van der Waals surface area contributed by atoms with E-state index in [-0.39, 0.29) is 18.1 Å². The summed E-state index contributed by atoms with van der Waals surface area (Å²) in [6.45, 7) is 2.73. The molecule has 3 aliphatic heterocycles. The van der Waals surface area contributed by atoms with Crippen LogP contribution in [-0.2, 0) is 20.7 Å². The number of halogens is 3. The van der Waals surface area contributed by atoms with Crippen LogP contribution in [0.2, 0.25) is 10.0 Å². The molecule has 2 unspecified atom stereocenters. The molecule has 0 radical (unpaired) electrons. The van der Waals surface area contributed by atoms with E-state index in [4.69, 9.17) is 42.1 Å². The molecule has 9 nitrogen and oxygen atoms in total. The summed E-state index contributed by atoms with van der Waals surface area (Å²) in [6.07, 6.45) is 4.09. The number of piperidine rings is 3. The van der Waals surface area contributed by atoms with Crippen LogP contribution < -0.4 is 14.8 Å². The number of benzene rings is 3. The van der Waals surface area contributed by atoms with Crippen molar-refractivity contribution in [2.45, 2.75) is 37.5 Å². The number of fused-ring (bicyclic) bond motifs is 3. The summed E-state index contributed by atoms with van der Waals surface area (Å²) >= 11 is 12.9. The number of hydrogen-bond acceptors (Lipinski definition) is 9. The van der Waals surface area contributed by atoms with Crippen LogP contribution in [0.5, 0.6) is 11.5 Å². The lowest BCUT2D eigenvalue weighted by atomic mass is 9.86. The molecule has 3 atom stereocenters. The van der Waals surface area contributed by atoms with E-state index < -0.39 is 29.9 Å². The Bertz CT molecular complexity index is 1780. The second-order valence-electron chi connectivity index (χ2n) is 12.1. The van der Waals surface area contributed by atoms with Gasteiger partial charge in [0.2, 0.25) is 0 Å². The summed E-state index contributed by atoms with van der Waals surface area (Å²) in [4.78, 5) is 33.5. The van der Waals surface area contributed by atoms with Crippen molar-refractivity contribution >= 4 is 40.8 Å². The average Bonchev–Trinajstić information content (AvgIpc) is 3.12. The summed E-state index contributed by atoms with van der Waals surface area (Å²) in [5.74, 6) is -0.251. The Morgan fingerprint density at radius 1 is 0.939 bits per heavy atom. The monoisotopic (exact) mass is 707 g/mol. The second kappa shape index (κ2) is 15.4. The Morgan fingerprint density at radius 3 is 2.29 bits per heavy atom. The highest BCUT2D eigenvalue weighted by Crippen LogP contribution is 2.36. The summed E-state index contributed by atoms with van der Waals surface area (Å²) in [6, 6.07) is 16.6. The number of aromatic nitrogens is 1. The molecule has 256 valence electrons. The number of nitrogens with zero attached hydrogens (tertiary/aromatic N) is 2. The standard InChI is InChI=1S/C37H36Cl2FN3O6/c1-46-31-11-8-24(17-33(31)47-2)32(18-28-29(38)19-41-20-30(28)39)48-36(44)23-6-9-27(10-7-23)42-35(25-4-3-5-26(40)16-25)37(45)49-34-21-43-14-12-22(34)13-15-43/h3-11,16-17,19-20,22,32,34-35,42H,12-15,18,21H2,1-2H3/t32?,34-,35?/m0/s1. The number of pyridine rings is 1. The molecule has 0 saturated carbocycles. The fraction of sp³-hybridized carbons (Fsp3) is 0.324. The molecule has 0 aliphatic carbocycles. The Kier molecular flexibility index (Phi) is 10.9. The van der Waals surface area contributed by atoms with Gasteiger partial charge in [-0.3, -0.25) is 9.88 Å². The number of carbonyl (C=O) groups is 2. The molecule has 3 fully saturated rings. The molecule has 3 aromatic carbocycles. The van der Waals surface area contributed by atoms with Crippen LogP contribution >= 0.6 is 23.2 Å². The minimum Gasteiger partial charge on any atom is -0.493 e. The van der Waals surface area contributed by atoms with Gasteiger partial charge in [-0.25, -0.2) is 14.0 Å². The Hall–Kier alpha value is -4.38. The Labute approximate surface area is 294 Å². The number of methoxy groups -OCH3 is 2. The first-order valence-electron chi connectivity index (χ1n) is 16.0. The molecule has 2 bridgehead atoms. The summed E-state index contributed by atoms with van der Waals surface area (Å²) in [5, 5.41) is 3.86. The number of carbonyl (C=O) groups excluding carboxylic acids is 2. The van der Waals surface area contributed by atoms with E-state index in [1.165, 1.54) is 38.7 Å². The maximum Gasteiger partial charge on any atom is 0.338 e. The van der Waals surface area contributed by atoms with Crippen molar-refractivity contribution in [1.82, 2.24) is 9.88 Å². The summed E-state index contributed by atoms with van der Waals surface area (Å²) in [5.41, 5.74) is 2.43. The fourth-order valence-corrected chi connectivity index (χ4v) is 6.91. The van der Waals surface area contributed by atoms with Crippen molar-refractivity contribution in [2.75, 3.05) is 39.2 Å². The molecule has 49 heavy (non-hydrogen) atoms. The largest absolute Gasteiger partial charge is 0.493 e. The topological polar surface area (TPSA) is 99.2 Å². The Morgan fingerprint density at radius 2 is 1.65 bits per heavy atom. The molecule has 3 saturated heterocycles. The van der Waals surface area contributed by atoms with E-state index >= 15 is 0 Å². The van der Waals surface area contributed by atoms with Gasteiger partial charge in [-0.15, -0.1) is 0 Å². The molecule has 0 amide bonds. The van der Waals surface area contributed by atoms with Crippen molar-refractivity contribution < 1.29 is 32.9 Å². The highest BCUT2D eigenvalue weighted by atomic mass is 35.5. The molecule has 0 spiro atoms.